The number of imidazole rings is 1. The first kappa shape index (κ1) is 14.0. The second-order valence-corrected chi connectivity index (χ2v) is 7.02. The minimum absolute atomic E-state index is 0.0686. The first-order chi connectivity index (χ1) is 11.0. The van der Waals surface area contributed by atoms with E-state index in [-0.39, 0.29) is 11.0 Å². The van der Waals surface area contributed by atoms with Crippen molar-refractivity contribution in [2.75, 3.05) is 0 Å². The molecule has 0 saturated carbocycles. The fourth-order valence-electron chi connectivity index (χ4n) is 3.13. The summed E-state index contributed by atoms with van der Waals surface area (Å²) in [5.41, 5.74) is 3.73. The second-order valence-electron chi connectivity index (χ2n) is 7.02. The predicted molar refractivity (Wildman–Crippen MR) is 95.6 cm³/mol. The van der Waals surface area contributed by atoms with Crippen LogP contribution in [0.2, 0.25) is 0 Å². The van der Waals surface area contributed by atoms with Crippen molar-refractivity contribution in [3.63, 3.8) is 0 Å². The van der Waals surface area contributed by atoms with E-state index in [0.29, 0.717) is 5.39 Å². The molecule has 0 unspecified atom stereocenters. The van der Waals surface area contributed by atoms with E-state index in [1.807, 2.05) is 12.1 Å². The smallest absolute Gasteiger partial charge is 0.256 e. The first-order valence-electron chi connectivity index (χ1n) is 7.87. The molecule has 1 aliphatic carbocycles. The third-order valence-corrected chi connectivity index (χ3v) is 4.30. The molecule has 2 N–H and O–H groups in total. The molecule has 0 aliphatic heterocycles. The number of H-pyrrole nitrogens is 2. The Morgan fingerprint density at radius 1 is 1.13 bits per heavy atom. The topological polar surface area (TPSA) is 61.5 Å². The molecule has 1 aromatic carbocycles. The zero-order valence-corrected chi connectivity index (χ0v) is 13.5. The molecule has 2 aromatic heterocycles. The molecular weight excluding hydrogens is 286 g/mol. The Balaban J connectivity index is 2.28. The van der Waals surface area contributed by atoms with Crippen molar-refractivity contribution >= 4 is 34.0 Å². The molecule has 1 aliphatic rings. The van der Waals surface area contributed by atoms with Gasteiger partial charge in [-0.25, -0.2) is 4.98 Å². The van der Waals surface area contributed by atoms with Gasteiger partial charge in [-0.2, -0.15) is 0 Å². The summed E-state index contributed by atoms with van der Waals surface area (Å²) in [6.45, 7) is 6.40. The van der Waals surface area contributed by atoms with E-state index in [2.05, 4.69) is 49.0 Å². The summed E-state index contributed by atoms with van der Waals surface area (Å²) in [4.78, 5) is 23.6. The van der Waals surface area contributed by atoms with E-state index in [9.17, 15) is 4.79 Å². The van der Waals surface area contributed by atoms with Gasteiger partial charge in [-0.15, -0.1) is 0 Å². The Morgan fingerprint density at radius 3 is 2.61 bits per heavy atom. The van der Waals surface area contributed by atoms with Gasteiger partial charge >= 0.3 is 0 Å². The number of rotatable bonds is 0. The van der Waals surface area contributed by atoms with Crippen LogP contribution >= 0.6 is 0 Å². The number of benzene rings is 1. The van der Waals surface area contributed by atoms with Crippen molar-refractivity contribution < 1.29 is 0 Å². The van der Waals surface area contributed by atoms with Crippen LogP contribution in [-0.4, -0.2) is 15.0 Å². The van der Waals surface area contributed by atoms with Crippen molar-refractivity contribution in [3.05, 3.63) is 51.7 Å². The van der Waals surface area contributed by atoms with Gasteiger partial charge in [0.2, 0.25) is 0 Å². The number of fused-ring (bicyclic) bond motifs is 6. The summed E-state index contributed by atoms with van der Waals surface area (Å²) in [7, 11) is 0. The van der Waals surface area contributed by atoms with Crippen LogP contribution in [-0.2, 0) is 5.41 Å². The van der Waals surface area contributed by atoms with Gasteiger partial charge in [0.15, 0.2) is 0 Å². The normalized spacial score (nSPS) is 14.4. The van der Waals surface area contributed by atoms with Crippen LogP contribution in [0.1, 0.15) is 44.1 Å². The predicted octanol–water partition coefficient (Wildman–Crippen LogP) is 4.13. The Hall–Kier alpha value is -2.62. The van der Waals surface area contributed by atoms with Gasteiger partial charge < -0.3 is 9.97 Å². The highest BCUT2D eigenvalue weighted by Gasteiger charge is 2.22. The van der Waals surface area contributed by atoms with Gasteiger partial charge in [-0.3, -0.25) is 4.79 Å². The minimum atomic E-state index is -0.0797. The fraction of sp³-hybridized carbons (Fsp3) is 0.263. The summed E-state index contributed by atoms with van der Waals surface area (Å²) in [6.07, 6.45) is 10.9. The van der Waals surface area contributed by atoms with Crippen LogP contribution in [0.5, 0.6) is 0 Å². The van der Waals surface area contributed by atoms with Gasteiger partial charge in [-0.05, 0) is 18.1 Å². The number of nitrogens with zero attached hydrogens (tertiary/aromatic N) is 1. The maximum Gasteiger partial charge on any atom is 0.256 e. The maximum atomic E-state index is 12.5. The molecule has 2 heterocycles. The highest BCUT2D eigenvalue weighted by molar-refractivity contribution is 6.12. The van der Waals surface area contributed by atoms with E-state index in [1.165, 1.54) is 0 Å². The number of hydrogen-bond donors (Lipinski definition) is 2. The molecule has 116 valence electrons. The molecule has 0 amide bonds. The van der Waals surface area contributed by atoms with Gasteiger partial charge in [0.05, 0.1) is 16.4 Å². The third-order valence-electron chi connectivity index (χ3n) is 4.30. The second kappa shape index (κ2) is 4.69. The quantitative estimate of drug-likeness (QED) is 0.656. The Morgan fingerprint density at radius 2 is 1.87 bits per heavy atom. The molecule has 23 heavy (non-hydrogen) atoms. The Kier molecular flexibility index (Phi) is 2.85. The van der Waals surface area contributed by atoms with Crippen LogP contribution in [0.4, 0.5) is 0 Å². The van der Waals surface area contributed by atoms with E-state index in [4.69, 9.17) is 4.98 Å². The lowest BCUT2D eigenvalue weighted by Crippen LogP contribution is -2.13. The van der Waals surface area contributed by atoms with Crippen molar-refractivity contribution in [2.24, 2.45) is 0 Å². The van der Waals surface area contributed by atoms with E-state index >= 15 is 0 Å². The van der Waals surface area contributed by atoms with Crippen LogP contribution in [0, 0.1) is 0 Å². The third kappa shape index (κ3) is 2.05. The zero-order chi connectivity index (χ0) is 16.2. The highest BCUT2D eigenvalue weighted by atomic mass is 16.1. The van der Waals surface area contributed by atoms with Crippen molar-refractivity contribution in [1.82, 2.24) is 15.0 Å². The van der Waals surface area contributed by atoms with Gasteiger partial charge in [-0.1, -0.05) is 45.1 Å². The maximum absolute atomic E-state index is 12.5. The minimum Gasteiger partial charge on any atom is -0.341 e. The lowest BCUT2D eigenvalue weighted by Gasteiger charge is -2.13. The fourth-order valence-corrected chi connectivity index (χ4v) is 3.13. The molecule has 0 bridgehead atoms. The van der Waals surface area contributed by atoms with Crippen LogP contribution in [0.15, 0.2) is 29.2 Å². The number of aromatic amines is 2. The lowest BCUT2D eigenvalue weighted by atomic mass is 9.96. The molecule has 0 saturated heterocycles. The first-order valence-corrected chi connectivity index (χ1v) is 7.87. The molecule has 4 heteroatoms. The summed E-state index contributed by atoms with van der Waals surface area (Å²) >= 11 is 0. The SMILES string of the molecule is CC(C)(C)c1nc2c([nH]1)c1c(c3c(=O)[nH]ccc32)C=CCC=C1. The van der Waals surface area contributed by atoms with Crippen LogP contribution in [0.3, 0.4) is 0 Å². The average Bonchev–Trinajstić information content (AvgIpc) is 2.81. The summed E-state index contributed by atoms with van der Waals surface area (Å²) in [5, 5.41) is 1.61. The molecule has 4 nitrogen and oxygen atoms in total. The van der Waals surface area contributed by atoms with E-state index in [0.717, 1.165) is 39.8 Å². The van der Waals surface area contributed by atoms with Gasteiger partial charge in [0.25, 0.3) is 5.56 Å². The van der Waals surface area contributed by atoms with E-state index in [1.54, 1.807) is 6.20 Å². The van der Waals surface area contributed by atoms with E-state index < -0.39 is 0 Å². The number of hydrogen-bond acceptors (Lipinski definition) is 2. The Labute approximate surface area is 134 Å². The van der Waals surface area contributed by atoms with Crippen LogP contribution < -0.4 is 5.56 Å². The van der Waals surface area contributed by atoms with Crippen molar-refractivity contribution in [1.29, 1.82) is 0 Å². The zero-order valence-electron chi connectivity index (χ0n) is 13.5. The number of nitrogens with one attached hydrogen (secondary N) is 2. The molecular formula is C19H19N3O. The Bertz CT molecular complexity index is 1040. The molecule has 0 fully saturated rings. The van der Waals surface area contributed by atoms with Gasteiger partial charge in [0.1, 0.15) is 5.82 Å². The average molecular weight is 305 g/mol. The summed E-state index contributed by atoms with van der Waals surface area (Å²) < 4.78 is 0. The molecule has 0 atom stereocenters. The molecule has 0 radical (unpaired) electrons. The van der Waals surface area contributed by atoms with Gasteiger partial charge in [0, 0.05) is 22.6 Å². The number of pyridine rings is 1. The standard InChI is InChI=1S/C19H19N3O/c1-19(2,3)18-21-15-12-8-6-4-5-7-11(12)14-13(16(15)22-18)9-10-20-17(14)23/h5-10H,4H2,1-3H3,(H,20,23)(H,21,22). The molecule has 3 aromatic rings. The monoisotopic (exact) mass is 305 g/mol. The molecule has 0 spiro atoms. The number of aromatic nitrogens is 3. The highest BCUT2D eigenvalue weighted by Crippen LogP contribution is 2.34. The van der Waals surface area contributed by atoms with Crippen LogP contribution in [0.25, 0.3) is 34.0 Å². The summed E-state index contributed by atoms with van der Waals surface area (Å²) in [5.74, 6) is 0.934. The lowest BCUT2D eigenvalue weighted by molar-refractivity contribution is 0.554. The summed E-state index contributed by atoms with van der Waals surface area (Å²) in [6, 6.07) is 1.94. The largest absolute Gasteiger partial charge is 0.341 e. The van der Waals surface area contributed by atoms with Crippen molar-refractivity contribution in [3.8, 4) is 0 Å². The molecule has 4 rings (SSSR count). The number of allylic oxidation sites excluding steroid dienone is 2. The van der Waals surface area contributed by atoms with Crippen molar-refractivity contribution in [2.45, 2.75) is 32.6 Å².